The van der Waals surface area contributed by atoms with E-state index in [1.54, 1.807) is 29.2 Å². The van der Waals surface area contributed by atoms with Crippen molar-refractivity contribution in [2.45, 2.75) is 18.9 Å². The van der Waals surface area contributed by atoms with Crippen molar-refractivity contribution in [1.82, 2.24) is 0 Å². The quantitative estimate of drug-likeness (QED) is 0.567. The first-order valence-corrected chi connectivity index (χ1v) is 9.07. The van der Waals surface area contributed by atoms with E-state index in [9.17, 15) is 13.6 Å². The first-order chi connectivity index (χ1) is 13.4. The van der Waals surface area contributed by atoms with Crippen LogP contribution in [-0.4, -0.2) is 12.6 Å². The summed E-state index contributed by atoms with van der Waals surface area (Å²) < 4.78 is 32.9. The fourth-order valence-electron chi connectivity index (χ4n) is 3.52. The predicted octanol–water partition coefficient (Wildman–Crippen LogP) is 5.89. The van der Waals surface area contributed by atoms with E-state index in [2.05, 4.69) is 0 Å². The summed E-state index contributed by atoms with van der Waals surface area (Å²) in [6.07, 6.45) is 0.182. The summed E-state index contributed by atoms with van der Waals surface area (Å²) in [7, 11) is 0. The van der Waals surface area contributed by atoms with Crippen molar-refractivity contribution in [3.05, 3.63) is 90.0 Å². The predicted molar refractivity (Wildman–Crippen MR) is 104 cm³/mol. The maximum atomic E-state index is 13.6. The first kappa shape index (κ1) is 18.2. The van der Waals surface area contributed by atoms with Gasteiger partial charge >= 0.3 is 6.09 Å². The molecule has 1 saturated heterocycles. The molecular formula is C23H19F2NO2. The molecule has 0 bridgehead atoms. The molecule has 0 N–H and O–H groups in total. The molecule has 142 valence electrons. The van der Waals surface area contributed by atoms with E-state index in [0.717, 1.165) is 11.6 Å². The van der Waals surface area contributed by atoms with Crippen LogP contribution < -0.4 is 4.90 Å². The largest absolute Gasteiger partial charge is 0.438 e. The molecule has 1 aliphatic rings. The minimum atomic E-state index is -0.682. The van der Waals surface area contributed by atoms with Crippen LogP contribution in [0.5, 0.6) is 0 Å². The lowest BCUT2D eigenvalue weighted by Crippen LogP contribution is -2.46. The van der Waals surface area contributed by atoms with E-state index in [4.69, 9.17) is 4.74 Å². The number of rotatable bonds is 3. The van der Waals surface area contributed by atoms with Gasteiger partial charge in [-0.3, -0.25) is 4.90 Å². The second-order valence-electron chi connectivity index (χ2n) is 7.07. The molecule has 0 radical (unpaired) electrons. The molecule has 0 saturated carbocycles. The van der Waals surface area contributed by atoms with Gasteiger partial charge in [-0.1, -0.05) is 42.5 Å². The van der Waals surface area contributed by atoms with E-state index < -0.39 is 23.3 Å². The summed E-state index contributed by atoms with van der Waals surface area (Å²) in [5, 5.41) is 0. The zero-order valence-corrected chi connectivity index (χ0v) is 15.4. The zero-order chi connectivity index (χ0) is 19.7. The Kier molecular flexibility index (Phi) is 4.59. The molecular weight excluding hydrogens is 360 g/mol. The molecule has 1 unspecified atom stereocenters. The van der Waals surface area contributed by atoms with Gasteiger partial charge in [0.05, 0.1) is 0 Å². The standard InChI is InChI=1S/C23H19F2NO2/c1-23(18-7-3-2-4-8-18)10-11-26(22(27)28-23)21-9-5-6-16(14-21)17-12-19(24)15-20(25)13-17/h2-9,12-15H,10-11H2,1H3. The highest BCUT2D eigenvalue weighted by Gasteiger charge is 2.38. The Morgan fingerprint density at radius 3 is 2.29 bits per heavy atom. The SMILES string of the molecule is CC1(c2ccccc2)CCN(c2cccc(-c3cc(F)cc(F)c3)c2)C(=O)O1. The molecule has 1 fully saturated rings. The Balaban J connectivity index is 1.60. The van der Waals surface area contributed by atoms with Crippen LogP contribution in [0, 0.1) is 11.6 Å². The Labute approximate surface area is 162 Å². The minimum absolute atomic E-state index is 0.416. The highest BCUT2D eigenvalue weighted by Crippen LogP contribution is 2.36. The number of amides is 1. The van der Waals surface area contributed by atoms with Crippen LogP contribution in [0.3, 0.4) is 0 Å². The van der Waals surface area contributed by atoms with Crippen LogP contribution in [0.25, 0.3) is 11.1 Å². The smallest absolute Gasteiger partial charge is 0.415 e. The van der Waals surface area contributed by atoms with Gasteiger partial charge in [-0.15, -0.1) is 0 Å². The van der Waals surface area contributed by atoms with Gasteiger partial charge < -0.3 is 4.74 Å². The van der Waals surface area contributed by atoms with Crippen LogP contribution in [0.15, 0.2) is 72.8 Å². The second kappa shape index (κ2) is 7.08. The molecule has 1 atom stereocenters. The highest BCUT2D eigenvalue weighted by atomic mass is 19.1. The maximum Gasteiger partial charge on any atom is 0.415 e. The van der Waals surface area contributed by atoms with Gasteiger partial charge in [0.25, 0.3) is 0 Å². The summed E-state index contributed by atoms with van der Waals surface area (Å²) in [5.74, 6) is -1.28. The number of cyclic esters (lactones) is 1. The van der Waals surface area contributed by atoms with Gasteiger partial charge in [-0.2, -0.15) is 0 Å². The topological polar surface area (TPSA) is 29.5 Å². The molecule has 0 spiro atoms. The van der Waals surface area contributed by atoms with Crippen LogP contribution in [0.1, 0.15) is 18.9 Å². The van der Waals surface area contributed by atoms with Crippen LogP contribution in [-0.2, 0) is 10.3 Å². The molecule has 1 heterocycles. The fraction of sp³-hybridized carbons (Fsp3) is 0.174. The van der Waals surface area contributed by atoms with Crippen LogP contribution in [0.4, 0.5) is 19.3 Å². The number of anilines is 1. The number of benzene rings is 3. The lowest BCUT2D eigenvalue weighted by atomic mass is 9.91. The maximum absolute atomic E-state index is 13.6. The molecule has 3 aromatic carbocycles. The summed E-state index contributed by atoms with van der Waals surface area (Å²) in [5.41, 5.74) is 1.94. The minimum Gasteiger partial charge on any atom is -0.438 e. The highest BCUT2D eigenvalue weighted by molar-refractivity contribution is 5.89. The van der Waals surface area contributed by atoms with Gasteiger partial charge in [0.15, 0.2) is 0 Å². The Morgan fingerprint density at radius 2 is 1.61 bits per heavy atom. The first-order valence-electron chi connectivity index (χ1n) is 9.07. The zero-order valence-electron chi connectivity index (χ0n) is 15.4. The van der Waals surface area contributed by atoms with E-state index in [-0.39, 0.29) is 0 Å². The van der Waals surface area contributed by atoms with Crippen molar-refractivity contribution in [2.24, 2.45) is 0 Å². The third-order valence-corrected chi connectivity index (χ3v) is 5.08. The van der Waals surface area contributed by atoms with Crippen molar-refractivity contribution in [3.63, 3.8) is 0 Å². The summed E-state index contributed by atoms with van der Waals surface area (Å²) >= 11 is 0. The lowest BCUT2D eigenvalue weighted by Gasteiger charge is -2.39. The molecule has 28 heavy (non-hydrogen) atoms. The molecule has 0 aliphatic carbocycles. The number of hydrogen-bond acceptors (Lipinski definition) is 2. The lowest BCUT2D eigenvalue weighted by molar-refractivity contribution is 0.00582. The Bertz CT molecular complexity index is 1000. The average molecular weight is 379 g/mol. The molecule has 1 amide bonds. The van der Waals surface area contributed by atoms with E-state index in [0.29, 0.717) is 29.8 Å². The number of carbonyl (C=O) groups excluding carboxylic acids is 1. The number of carbonyl (C=O) groups is 1. The second-order valence-corrected chi connectivity index (χ2v) is 7.07. The Hall–Kier alpha value is -3.21. The fourth-order valence-corrected chi connectivity index (χ4v) is 3.52. The molecule has 0 aromatic heterocycles. The van der Waals surface area contributed by atoms with E-state index in [1.807, 2.05) is 37.3 Å². The summed E-state index contributed by atoms with van der Waals surface area (Å²) in [6, 6.07) is 20.0. The van der Waals surface area contributed by atoms with Crippen LogP contribution in [0.2, 0.25) is 0 Å². The third kappa shape index (κ3) is 3.48. The number of ether oxygens (including phenoxy) is 1. The van der Waals surface area contributed by atoms with Crippen molar-refractivity contribution in [2.75, 3.05) is 11.4 Å². The van der Waals surface area contributed by atoms with Gasteiger partial charge in [0, 0.05) is 24.7 Å². The number of hydrogen-bond donors (Lipinski definition) is 0. The number of halogens is 2. The van der Waals surface area contributed by atoms with Crippen molar-refractivity contribution >= 4 is 11.8 Å². The normalized spacial score (nSPS) is 19.4. The van der Waals surface area contributed by atoms with Crippen molar-refractivity contribution < 1.29 is 18.3 Å². The summed E-state index contributed by atoms with van der Waals surface area (Å²) in [4.78, 5) is 14.3. The average Bonchev–Trinajstić information content (AvgIpc) is 2.68. The molecule has 4 rings (SSSR count). The molecule has 3 nitrogen and oxygen atoms in total. The number of nitrogens with zero attached hydrogens (tertiary/aromatic N) is 1. The van der Waals surface area contributed by atoms with Crippen molar-refractivity contribution in [3.8, 4) is 11.1 Å². The van der Waals surface area contributed by atoms with E-state index in [1.165, 1.54) is 12.1 Å². The van der Waals surface area contributed by atoms with Gasteiger partial charge in [-0.05, 0) is 47.9 Å². The van der Waals surface area contributed by atoms with Gasteiger partial charge in [0.2, 0.25) is 0 Å². The van der Waals surface area contributed by atoms with Crippen molar-refractivity contribution in [1.29, 1.82) is 0 Å². The Morgan fingerprint density at radius 1 is 0.893 bits per heavy atom. The van der Waals surface area contributed by atoms with Gasteiger partial charge in [-0.25, -0.2) is 13.6 Å². The molecule has 1 aliphatic heterocycles. The summed E-state index contributed by atoms with van der Waals surface area (Å²) in [6.45, 7) is 2.38. The van der Waals surface area contributed by atoms with Crippen LogP contribution >= 0.6 is 0 Å². The molecule has 3 aromatic rings. The van der Waals surface area contributed by atoms with E-state index >= 15 is 0 Å². The molecule has 5 heteroatoms. The van der Waals surface area contributed by atoms with Gasteiger partial charge in [0.1, 0.15) is 17.2 Å². The third-order valence-electron chi connectivity index (χ3n) is 5.08. The monoisotopic (exact) mass is 379 g/mol.